The number of hydrogen-bond acceptors (Lipinski definition) is 4. The number of esters is 1. The Labute approximate surface area is 103 Å². The predicted molar refractivity (Wildman–Crippen MR) is 59.3 cm³/mol. The number of rotatable bonds is 4. The molecule has 7 heteroatoms. The Morgan fingerprint density at radius 1 is 1.35 bits per heavy atom. The molecular weight excluding hydrogens is 256 g/mol. The second-order valence-corrected chi connectivity index (χ2v) is 2.92. The standard InChI is InChI=1S/C10H11F2NO3.ClH/c1-15-9(14)8(13)6-4-2-3-5-7(6)16-10(11)12;/h2-5,8,10H,13H2,1H3;1H/t8-;/m0./s1. The van der Waals surface area contributed by atoms with E-state index in [4.69, 9.17) is 5.73 Å². The van der Waals surface area contributed by atoms with E-state index in [2.05, 4.69) is 9.47 Å². The van der Waals surface area contributed by atoms with Crippen LogP contribution in [0.15, 0.2) is 24.3 Å². The Kier molecular flexibility index (Phi) is 6.45. The minimum absolute atomic E-state index is 0. The Hall–Kier alpha value is -1.40. The Morgan fingerprint density at radius 2 is 1.94 bits per heavy atom. The molecule has 0 heterocycles. The minimum atomic E-state index is -2.97. The van der Waals surface area contributed by atoms with Gasteiger partial charge in [-0.25, -0.2) is 0 Å². The fourth-order valence-corrected chi connectivity index (χ4v) is 1.19. The first kappa shape index (κ1) is 15.6. The van der Waals surface area contributed by atoms with Gasteiger partial charge in [-0.05, 0) is 6.07 Å². The number of alkyl halides is 2. The van der Waals surface area contributed by atoms with Crippen molar-refractivity contribution in [1.82, 2.24) is 0 Å². The van der Waals surface area contributed by atoms with E-state index in [9.17, 15) is 13.6 Å². The van der Waals surface area contributed by atoms with E-state index in [-0.39, 0.29) is 23.7 Å². The minimum Gasteiger partial charge on any atom is -0.468 e. The average molecular weight is 268 g/mol. The summed E-state index contributed by atoms with van der Waals surface area (Å²) in [4.78, 5) is 11.2. The molecule has 0 aliphatic carbocycles. The lowest BCUT2D eigenvalue weighted by Crippen LogP contribution is -2.23. The van der Waals surface area contributed by atoms with Crippen LogP contribution in [0.2, 0.25) is 0 Å². The molecule has 1 rings (SSSR count). The fraction of sp³-hybridized carbons (Fsp3) is 0.300. The average Bonchev–Trinajstić information content (AvgIpc) is 2.27. The van der Waals surface area contributed by atoms with Crippen LogP contribution in [0, 0.1) is 0 Å². The highest BCUT2D eigenvalue weighted by Crippen LogP contribution is 2.25. The highest BCUT2D eigenvalue weighted by Gasteiger charge is 2.21. The zero-order valence-electron chi connectivity index (χ0n) is 8.93. The number of hydrogen-bond donors (Lipinski definition) is 1. The maximum absolute atomic E-state index is 12.1. The second kappa shape index (κ2) is 7.03. The molecule has 0 radical (unpaired) electrons. The summed E-state index contributed by atoms with van der Waals surface area (Å²) in [5.74, 6) is -0.847. The van der Waals surface area contributed by atoms with E-state index in [1.54, 1.807) is 6.07 Å². The van der Waals surface area contributed by atoms with Crippen molar-refractivity contribution in [3.05, 3.63) is 29.8 Å². The number of halogens is 3. The molecule has 0 aliphatic heterocycles. The molecule has 0 fully saturated rings. The number of para-hydroxylation sites is 1. The number of carbonyl (C=O) groups is 1. The van der Waals surface area contributed by atoms with Crippen LogP contribution in [0.5, 0.6) is 5.75 Å². The fourth-order valence-electron chi connectivity index (χ4n) is 1.19. The van der Waals surface area contributed by atoms with Crippen LogP contribution in [0.3, 0.4) is 0 Å². The largest absolute Gasteiger partial charge is 0.468 e. The van der Waals surface area contributed by atoms with Gasteiger partial charge >= 0.3 is 12.6 Å². The van der Waals surface area contributed by atoms with Crippen LogP contribution < -0.4 is 10.5 Å². The Bertz CT molecular complexity index is 376. The van der Waals surface area contributed by atoms with Gasteiger partial charge in [0.05, 0.1) is 7.11 Å². The molecule has 1 aromatic carbocycles. The SMILES string of the molecule is COC(=O)[C@@H](N)c1ccccc1OC(F)F.Cl. The van der Waals surface area contributed by atoms with E-state index >= 15 is 0 Å². The second-order valence-electron chi connectivity index (χ2n) is 2.92. The van der Waals surface area contributed by atoms with E-state index in [1.807, 2.05) is 0 Å². The van der Waals surface area contributed by atoms with Crippen molar-refractivity contribution in [1.29, 1.82) is 0 Å². The van der Waals surface area contributed by atoms with E-state index in [1.165, 1.54) is 25.3 Å². The predicted octanol–water partition coefficient (Wildman–Crippen LogP) is 1.88. The van der Waals surface area contributed by atoms with Crippen LogP contribution in [-0.2, 0) is 9.53 Å². The summed E-state index contributed by atoms with van der Waals surface area (Å²) in [6, 6.07) is 4.67. The molecule has 17 heavy (non-hydrogen) atoms. The lowest BCUT2D eigenvalue weighted by atomic mass is 10.1. The van der Waals surface area contributed by atoms with Crippen molar-refractivity contribution in [2.75, 3.05) is 7.11 Å². The van der Waals surface area contributed by atoms with Crippen molar-refractivity contribution >= 4 is 18.4 Å². The molecule has 0 saturated heterocycles. The molecule has 0 saturated carbocycles. The van der Waals surface area contributed by atoms with Gasteiger partial charge in [0, 0.05) is 5.56 Å². The third-order valence-electron chi connectivity index (χ3n) is 1.93. The number of benzene rings is 1. The molecule has 0 aromatic heterocycles. The molecule has 4 nitrogen and oxygen atoms in total. The van der Waals surface area contributed by atoms with Gasteiger partial charge in [-0.3, -0.25) is 4.79 Å². The third-order valence-corrected chi connectivity index (χ3v) is 1.93. The quantitative estimate of drug-likeness (QED) is 0.846. The molecule has 1 atom stereocenters. The summed E-state index contributed by atoms with van der Waals surface area (Å²) in [5, 5.41) is 0. The normalized spacial score (nSPS) is 11.6. The Balaban J connectivity index is 0.00000256. The van der Waals surface area contributed by atoms with Crippen LogP contribution in [-0.4, -0.2) is 19.7 Å². The van der Waals surface area contributed by atoms with Gasteiger partial charge in [0.25, 0.3) is 0 Å². The van der Waals surface area contributed by atoms with Gasteiger partial charge in [0.15, 0.2) is 0 Å². The first-order valence-electron chi connectivity index (χ1n) is 4.43. The lowest BCUT2D eigenvalue weighted by molar-refractivity contribution is -0.142. The van der Waals surface area contributed by atoms with Crippen molar-refractivity contribution in [2.24, 2.45) is 5.73 Å². The number of methoxy groups -OCH3 is 1. The Morgan fingerprint density at radius 3 is 2.47 bits per heavy atom. The summed E-state index contributed by atoms with van der Waals surface area (Å²) >= 11 is 0. The van der Waals surface area contributed by atoms with Crippen LogP contribution >= 0.6 is 12.4 Å². The van der Waals surface area contributed by atoms with Gasteiger partial charge < -0.3 is 15.2 Å². The smallest absolute Gasteiger partial charge is 0.387 e. The molecule has 1 aromatic rings. The van der Waals surface area contributed by atoms with Crippen molar-refractivity contribution in [3.63, 3.8) is 0 Å². The maximum Gasteiger partial charge on any atom is 0.387 e. The van der Waals surface area contributed by atoms with Crippen LogP contribution in [0.1, 0.15) is 11.6 Å². The molecule has 2 N–H and O–H groups in total. The molecule has 0 unspecified atom stereocenters. The summed E-state index contributed by atoms with van der Waals surface area (Å²) in [7, 11) is 1.17. The zero-order chi connectivity index (χ0) is 12.1. The monoisotopic (exact) mass is 267 g/mol. The van der Waals surface area contributed by atoms with E-state index in [0.29, 0.717) is 0 Å². The van der Waals surface area contributed by atoms with E-state index in [0.717, 1.165) is 0 Å². The van der Waals surface area contributed by atoms with Gasteiger partial charge in [0.2, 0.25) is 0 Å². The summed E-state index contributed by atoms with van der Waals surface area (Å²) in [5.41, 5.74) is 5.69. The van der Waals surface area contributed by atoms with Crippen LogP contribution in [0.25, 0.3) is 0 Å². The first-order chi connectivity index (χ1) is 7.56. The maximum atomic E-state index is 12.1. The van der Waals surface area contributed by atoms with Crippen molar-refractivity contribution in [3.8, 4) is 5.75 Å². The van der Waals surface area contributed by atoms with Gasteiger partial charge in [-0.2, -0.15) is 8.78 Å². The molecule has 0 aliphatic rings. The molecular formula is C10H12ClF2NO3. The van der Waals surface area contributed by atoms with Crippen LogP contribution in [0.4, 0.5) is 8.78 Å². The van der Waals surface area contributed by atoms with Crippen molar-refractivity contribution < 1.29 is 23.0 Å². The summed E-state index contributed by atoms with van der Waals surface area (Å²) in [6.45, 7) is -2.97. The summed E-state index contributed by atoms with van der Waals surface area (Å²) in [6.07, 6.45) is 0. The summed E-state index contributed by atoms with van der Waals surface area (Å²) < 4.78 is 32.8. The highest BCUT2D eigenvalue weighted by atomic mass is 35.5. The third kappa shape index (κ3) is 4.16. The number of nitrogens with two attached hydrogens (primary N) is 1. The van der Waals surface area contributed by atoms with Gasteiger partial charge in [0.1, 0.15) is 11.8 Å². The molecule has 0 bridgehead atoms. The lowest BCUT2D eigenvalue weighted by Gasteiger charge is -2.14. The number of carbonyl (C=O) groups excluding carboxylic acids is 1. The topological polar surface area (TPSA) is 61.5 Å². The number of ether oxygens (including phenoxy) is 2. The van der Waals surface area contributed by atoms with E-state index < -0.39 is 18.6 Å². The first-order valence-corrected chi connectivity index (χ1v) is 4.43. The van der Waals surface area contributed by atoms with Gasteiger partial charge in [-0.15, -0.1) is 12.4 Å². The van der Waals surface area contributed by atoms with Gasteiger partial charge in [-0.1, -0.05) is 18.2 Å². The molecule has 96 valence electrons. The zero-order valence-corrected chi connectivity index (χ0v) is 9.75. The molecule has 0 spiro atoms. The highest BCUT2D eigenvalue weighted by molar-refractivity contribution is 5.85. The molecule has 0 amide bonds. The van der Waals surface area contributed by atoms with Crippen molar-refractivity contribution in [2.45, 2.75) is 12.7 Å².